The molecule has 0 aliphatic rings. The van der Waals surface area contributed by atoms with Crippen molar-refractivity contribution in [2.24, 2.45) is 0 Å². The van der Waals surface area contributed by atoms with Crippen molar-refractivity contribution in [3.8, 4) is 0 Å². The van der Waals surface area contributed by atoms with Gasteiger partial charge in [0.2, 0.25) is 0 Å². The molecule has 0 radical (unpaired) electrons. The van der Waals surface area contributed by atoms with Crippen molar-refractivity contribution in [3.63, 3.8) is 0 Å². The molecule has 1 aromatic rings. The molecule has 4 nitrogen and oxygen atoms in total. The first-order chi connectivity index (χ1) is 9.15. The molecule has 0 fully saturated rings. The van der Waals surface area contributed by atoms with Crippen LogP contribution in [0.25, 0.3) is 0 Å². The fourth-order valence-electron chi connectivity index (χ4n) is 1.76. The van der Waals surface area contributed by atoms with E-state index in [0.29, 0.717) is 12.0 Å². The maximum Gasteiger partial charge on any atom is 0.345 e. The summed E-state index contributed by atoms with van der Waals surface area (Å²) in [7, 11) is 0. The van der Waals surface area contributed by atoms with Crippen LogP contribution >= 0.6 is 0 Å². The zero-order valence-corrected chi connectivity index (χ0v) is 11.2. The average Bonchev–Trinajstić information content (AvgIpc) is 2.42. The molecule has 1 N–H and O–H groups in total. The van der Waals surface area contributed by atoms with Crippen LogP contribution in [0.5, 0.6) is 0 Å². The number of benzene rings is 1. The van der Waals surface area contributed by atoms with Crippen LogP contribution < -0.4 is 0 Å². The summed E-state index contributed by atoms with van der Waals surface area (Å²) in [5.74, 6) is -1.66. The molecule has 0 saturated heterocycles. The van der Waals surface area contributed by atoms with E-state index in [2.05, 4.69) is 6.92 Å². The highest BCUT2D eigenvalue weighted by atomic mass is 16.6. The van der Waals surface area contributed by atoms with Crippen LogP contribution in [0.15, 0.2) is 30.3 Å². The van der Waals surface area contributed by atoms with Gasteiger partial charge in [-0.05, 0) is 25.0 Å². The molecular formula is C15H20O4. The molecule has 0 unspecified atom stereocenters. The largest absolute Gasteiger partial charge is 0.479 e. The fourth-order valence-corrected chi connectivity index (χ4v) is 1.76. The van der Waals surface area contributed by atoms with Crippen molar-refractivity contribution in [2.75, 3.05) is 0 Å². The number of ether oxygens (including phenoxy) is 1. The lowest BCUT2D eigenvalue weighted by molar-refractivity contribution is -0.147. The smallest absolute Gasteiger partial charge is 0.345 e. The first-order valence-electron chi connectivity index (χ1n) is 6.64. The van der Waals surface area contributed by atoms with Gasteiger partial charge < -0.3 is 9.84 Å². The third-order valence-electron chi connectivity index (χ3n) is 2.85. The Balaban J connectivity index is 2.49. The molecule has 0 heterocycles. The minimum absolute atomic E-state index is 0.369. The summed E-state index contributed by atoms with van der Waals surface area (Å²) in [4.78, 5) is 22.8. The van der Waals surface area contributed by atoms with Crippen LogP contribution in [0.1, 0.15) is 49.4 Å². The summed E-state index contributed by atoms with van der Waals surface area (Å²) in [5, 5.41) is 9.05. The summed E-state index contributed by atoms with van der Waals surface area (Å²) in [5.41, 5.74) is 0.377. The van der Waals surface area contributed by atoms with Crippen molar-refractivity contribution in [2.45, 2.75) is 45.1 Å². The highest BCUT2D eigenvalue weighted by Gasteiger charge is 2.22. The molecule has 0 amide bonds. The van der Waals surface area contributed by atoms with E-state index >= 15 is 0 Å². The molecule has 19 heavy (non-hydrogen) atoms. The highest BCUT2D eigenvalue weighted by molar-refractivity contribution is 5.91. The molecule has 0 aliphatic carbocycles. The van der Waals surface area contributed by atoms with Gasteiger partial charge in [0.1, 0.15) is 0 Å². The second kappa shape index (κ2) is 8.29. The quantitative estimate of drug-likeness (QED) is 0.578. The third kappa shape index (κ3) is 5.55. The lowest BCUT2D eigenvalue weighted by Gasteiger charge is -2.13. The number of rotatable bonds is 8. The number of hydrogen-bond acceptors (Lipinski definition) is 3. The standard InChI is InChI=1S/C15H20O4/c1-2-3-4-8-11-13(14(16)17)19-15(18)12-9-6-5-7-10-12/h5-7,9-10,13H,2-4,8,11H2,1H3,(H,16,17)/t13-/m1/s1. The molecule has 4 heteroatoms. The Morgan fingerprint density at radius 2 is 1.84 bits per heavy atom. The normalized spacial score (nSPS) is 11.8. The van der Waals surface area contributed by atoms with E-state index in [1.54, 1.807) is 30.3 Å². The lowest BCUT2D eigenvalue weighted by Crippen LogP contribution is -2.27. The second-order valence-electron chi connectivity index (χ2n) is 4.45. The molecule has 104 valence electrons. The molecule has 0 aromatic heterocycles. The average molecular weight is 264 g/mol. The maximum absolute atomic E-state index is 11.8. The molecule has 0 bridgehead atoms. The summed E-state index contributed by atoms with van der Waals surface area (Å²) >= 11 is 0. The van der Waals surface area contributed by atoms with Gasteiger partial charge in [-0.15, -0.1) is 0 Å². The summed E-state index contributed by atoms with van der Waals surface area (Å²) in [6.45, 7) is 2.09. The molecule has 0 aliphatic heterocycles. The Bertz CT molecular complexity index is 400. The maximum atomic E-state index is 11.8. The van der Waals surface area contributed by atoms with Gasteiger partial charge in [-0.2, -0.15) is 0 Å². The molecule has 1 aromatic carbocycles. The van der Waals surface area contributed by atoms with Crippen LogP contribution in [-0.2, 0) is 9.53 Å². The summed E-state index contributed by atoms with van der Waals surface area (Å²) in [6.07, 6.45) is 3.19. The first-order valence-corrected chi connectivity index (χ1v) is 6.64. The number of carboxylic acid groups (broad SMARTS) is 1. The van der Waals surface area contributed by atoms with E-state index in [0.717, 1.165) is 25.7 Å². The molecule has 0 saturated carbocycles. The number of unbranched alkanes of at least 4 members (excludes halogenated alkanes) is 3. The number of hydrogen-bond donors (Lipinski definition) is 1. The Morgan fingerprint density at radius 1 is 1.16 bits per heavy atom. The van der Waals surface area contributed by atoms with E-state index in [4.69, 9.17) is 9.84 Å². The Hall–Kier alpha value is -1.84. The van der Waals surface area contributed by atoms with Gasteiger partial charge in [0.25, 0.3) is 0 Å². The number of carboxylic acids is 1. The van der Waals surface area contributed by atoms with E-state index < -0.39 is 18.0 Å². The van der Waals surface area contributed by atoms with E-state index in [9.17, 15) is 9.59 Å². The zero-order chi connectivity index (χ0) is 14.1. The summed E-state index contributed by atoms with van der Waals surface area (Å²) in [6, 6.07) is 8.44. The van der Waals surface area contributed by atoms with Gasteiger partial charge in [0, 0.05) is 0 Å². The first kappa shape index (κ1) is 15.2. The van der Waals surface area contributed by atoms with Crippen molar-refractivity contribution < 1.29 is 19.4 Å². The van der Waals surface area contributed by atoms with Gasteiger partial charge in [-0.1, -0.05) is 44.4 Å². The fraction of sp³-hybridized carbons (Fsp3) is 0.467. The van der Waals surface area contributed by atoms with Crippen molar-refractivity contribution in [1.82, 2.24) is 0 Å². The molecular weight excluding hydrogens is 244 g/mol. The lowest BCUT2D eigenvalue weighted by atomic mass is 10.1. The van der Waals surface area contributed by atoms with E-state index in [1.165, 1.54) is 0 Å². The van der Waals surface area contributed by atoms with Crippen LogP contribution in [0.3, 0.4) is 0 Å². The van der Waals surface area contributed by atoms with Crippen LogP contribution in [0.2, 0.25) is 0 Å². The third-order valence-corrected chi connectivity index (χ3v) is 2.85. The number of carbonyl (C=O) groups excluding carboxylic acids is 1. The summed E-state index contributed by atoms with van der Waals surface area (Å²) < 4.78 is 5.04. The SMILES string of the molecule is CCCCCC[C@@H](OC(=O)c1ccccc1)C(=O)O. The van der Waals surface area contributed by atoms with Gasteiger partial charge >= 0.3 is 11.9 Å². The van der Waals surface area contributed by atoms with Crippen LogP contribution in [-0.4, -0.2) is 23.1 Å². The number of carbonyl (C=O) groups is 2. The topological polar surface area (TPSA) is 63.6 Å². The number of esters is 1. The van der Waals surface area contributed by atoms with Gasteiger partial charge in [0.05, 0.1) is 5.56 Å². The highest BCUT2D eigenvalue weighted by Crippen LogP contribution is 2.11. The predicted octanol–water partition coefficient (Wildman–Crippen LogP) is 3.27. The Morgan fingerprint density at radius 3 is 2.42 bits per heavy atom. The molecule has 1 rings (SSSR count). The van der Waals surface area contributed by atoms with Crippen LogP contribution in [0.4, 0.5) is 0 Å². The van der Waals surface area contributed by atoms with E-state index in [-0.39, 0.29) is 0 Å². The van der Waals surface area contributed by atoms with Gasteiger partial charge in [0.15, 0.2) is 6.10 Å². The van der Waals surface area contributed by atoms with Gasteiger partial charge in [-0.3, -0.25) is 0 Å². The van der Waals surface area contributed by atoms with E-state index in [1.807, 2.05) is 0 Å². The minimum atomic E-state index is -1.08. The minimum Gasteiger partial charge on any atom is -0.479 e. The predicted molar refractivity (Wildman–Crippen MR) is 72.0 cm³/mol. The Labute approximate surface area is 113 Å². The van der Waals surface area contributed by atoms with Gasteiger partial charge in [-0.25, -0.2) is 9.59 Å². The molecule has 0 spiro atoms. The van der Waals surface area contributed by atoms with Crippen molar-refractivity contribution in [3.05, 3.63) is 35.9 Å². The number of aliphatic carboxylic acids is 1. The molecule has 1 atom stereocenters. The van der Waals surface area contributed by atoms with Crippen LogP contribution in [0, 0.1) is 0 Å². The van der Waals surface area contributed by atoms with Crippen molar-refractivity contribution >= 4 is 11.9 Å². The van der Waals surface area contributed by atoms with Crippen molar-refractivity contribution in [1.29, 1.82) is 0 Å². The second-order valence-corrected chi connectivity index (χ2v) is 4.45. The zero-order valence-electron chi connectivity index (χ0n) is 11.2. The monoisotopic (exact) mass is 264 g/mol. The Kier molecular flexibility index (Phi) is 6.64.